The molecule has 0 saturated heterocycles. The van der Waals surface area contributed by atoms with Crippen molar-refractivity contribution in [2.75, 3.05) is 0 Å². The smallest absolute Gasteiger partial charge is 0.352 e. The summed E-state index contributed by atoms with van der Waals surface area (Å²) in [6.07, 6.45) is 0. The summed E-state index contributed by atoms with van der Waals surface area (Å²) in [5.41, 5.74) is 2.34. The summed E-state index contributed by atoms with van der Waals surface area (Å²) in [6, 6.07) is 5.60. The Morgan fingerprint density at radius 3 is 2.67 bits per heavy atom. The van der Waals surface area contributed by atoms with Crippen LogP contribution in [0.4, 0.5) is 0 Å². The van der Waals surface area contributed by atoms with E-state index in [2.05, 4.69) is 15.9 Å². The monoisotopic (exact) mass is 267 g/mol. The first-order valence-electron chi connectivity index (χ1n) is 4.49. The van der Waals surface area contributed by atoms with E-state index >= 15 is 0 Å². The van der Waals surface area contributed by atoms with Crippen molar-refractivity contribution >= 4 is 32.8 Å². The molecule has 0 spiro atoms. The molecule has 0 amide bonds. The molecule has 1 aromatic carbocycles. The van der Waals surface area contributed by atoms with Gasteiger partial charge in [-0.15, -0.1) is 0 Å². The molecule has 4 heteroatoms. The number of carboxylic acid groups (broad SMARTS) is 1. The van der Waals surface area contributed by atoms with E-state index in [0.29, 0.717) is 5.69 Å². The summed E-state index contributed by atoms with van der Waals surface area (Å²) >= 11 is 3.43. The topological polar surface area (TPSA) is 42.2 Å². The highest BCUT2D eigenvalue weighted by molar-refractivity contribution is 9.10. The van der Waals surface area contributed by atoms with Crippen LogP contribution in [0.15, 0.2) is 22.7 Å². The van der Waals surface area contributed by atoms with Crippen molar-refractivity contribution in [3.8, 4) is 0 Å². The molecule has 0 aliphatic heterocycles. The Kier molecular flexibility index (Phi) is 2.31. The minimum absolute atomic E-state index is 0.308. The molecule has 1 heterocycles. The first kappa shape index (κ1) is 10.2. The highest BCUT2D eigenvalue weighted by Gasteiger charge is 2.12. The number of aromatic nitrogens is 1. The third-order valence-corrected chi connectivity index (χ3v) is 3.40. The molecule has 0 saturated carbocycles. The van der Waals surface area contributed by atoms with Crippen LogP contribution in [0, 0.1) is 6.92 Å². The lowest BCUT2D eigenvalue weighted by molar-refractivity contribution is 0.0687. The number of hydrogen-bond donors (Lipinski definition) is 1. The van der Waals surface area contributed by atoms with E-state index in [1.54, 1.807) is 17.7 Å². The van der Waals surface area contributed by atoms with Crippen molar-refractivity contribution in [2.45, 2.75) is 6.92 Å². The maximum Gasteiger partial charge on any atom is 0.352 e. The van der Waals surface area contributed by atoms with Gasteiger partial charge in [-0.1, -0.05) is 15.9 Å². The Balaban J connectivity index is 2.83. The van der Waals surface area contributed by atoms with Crippen LogP contribution in [0.3, 0.4) is 0 Å². The zero-order valence-electron chi connectivity index (χ0n) is 8.41. The van der Waals surface area contributed by atoms with E-state index in [-0.39, 0.29) is 0 Å². The Hall–Kier alpha value is -1.29. The first-order chi connectivity index (χ1) is 7.00. The third-order valence-electron chi connectivity index (χ3n) is 2.54. The average molecular weight is 268 g/mol. The van der Waals surface area contributed by atoms with Crippen LogP contribution in [0.25, 0.3) is 10.9 Å². The van der Waals surface area contributed by atoms with Gasteiger partial charge in [0.1, 0.15) is 5.69 Å². The first-order valence-corrected chi connectivity index (χ1v) is 5.29. The Labute approximate surface area is 95.5 Å². The van der Waals surface area contributed by atoms with Gasteiger partial charge in [-0.25, -0.2) is 4.79 Å². The fourth-order valence-electron chi connectivity index (χ4n) is 1.67. The summed E-state index contributed by atoms with van der Waals surface area (Å²) in [6.45, 7) is 1.98. The molecule has 15 heavy (non-hydrogen) atoms. The number of aryl methyl sites for hydroxylation is 2. The molecule has 1 aromatic heterocycles. The van der Waals surface area contributed by atoms with E-state index in [0.717, 1.165) is 20.9 Å². The van der Waals surface area contributed by atoms with Gasteiger partial charge < -0.3 is 9.67 Å². The molecule has 2 rings (SSSR count). The molecule has 0 aliphatic carbocycles. The van der Waals surface area contributed by atoms with Gasteiger partial charge in [0.15, 0.2) is 0 Å². The van der Waals surface area contributed by atoms with Crippen LogP contribution in [0.2, 0.25) is 0 Å². The van der Waals surface area contributed by atoms with Gasteiger partial charge in [0.05, 0.1) is 0 Å². The molecular weight excluding hydrogens is 258 g/mol. The summed E-state index contributed by atoms with van der Waals surface area (Å²) < 4.78 is 2.69. The number of fused-ring (bicyclic) bond motifs is 1. The fourth-order valence-corrected chi connectivity index (χ4v) is 2.03. The highest BCUT2D eigenvalue weighted by atomic mass is 79.9. The van der Waals surface area contributed by atoms with Crippen LogP contribution in [0.1, 0.15) is 16.1 Å². The van der Waals surface area contributed by atoms with Crippen molar-refractivity contribution < 1.29 is 9.90 Å². The van der Waals surface area contributed by atoms with Gasteiger partial charge in [-0.05, 0) is 30.7 Å². The van der Waals surface area contributed by atoms with Crippen molar-refractivity contribution in [1.29, 1.82) is 0 Å². The van der Waals surface area contributed by atoms with Gasteiger partial charge in [-0.2, -0.15) is 0 Å². The number of halogens is 1. The summed E-state index contributed by atoms with van der Waals surface area (Å²) in [4.78, 5) is 10.9. The number of hydrogen-bond acceptors (Lipinski definition) is 1. The van der Waals surface area contributed by atoms with Crippen molar-refractivity contribution in [3.05, 3.63) is 33.9 Å². The number of benzene rings is 1. The molecule has 0 bridgehead atoms. The standard InChI is InChI=1S/C11H10BrNO2/c1-6-3-9-7(4-8(6)12)5-10(11(14)15)13(9)2/h3-5H,1-2H3,(H,14,15). The summed E-state index contributed by atoms with van der Waals surface area (Å²) in [7, 11) is 1.76. The molecule has 1 N–H and O–H groups in total. The Morgan fingerprint density at radius 2 is 2.07 bits per heavy atom. The molecule has 78 valence electrons. The van der Waals surface area contributed by atoms with Gasteiger partial charge in [0, 0.05) is 22.4 Å². The lowest BCUT2D eigenvalue weighted by atomic mass is 10.2. The third kappa shape index (κ3) is 1.55. The molecule has 0 atom stereocenters. The molecule has 3 nitrogen and oxygen atoms in total. The number of carboxylic acids is 1. The predicted molar refractivity (Wildman–Crippen MR) is 62.3 cm³/mol. The minimum atomic E-state index is -0.900. The van der Waals surface area contributed by atoms with Crippen LogP contribution >= 0.6 is 15.9 Å². The van der Waals surface area contributed by atoms with E-state index in [4.69, 9.17) is 5.11 Å². The Morgan fingerprint density at radius 1 is 1.40 bits per heavy atom. The van der Waals surface area contributed by atoms with E-state index in [9.17, 15) is 4.79 Å². The molecule has 2 aromatic rings. The minimum Gasteiger partial charge on any atom is -0.477 e. The molecule has 0 aliphatic rings. The van der Waals surface area contributed by atoms with E-state index in [1.165, 1.54) is 0 Å². The van der Waals surface area contributed by atoms with Crippen molar-refractivity contribution in [2.24, 2.45) is 7.05 Å². The van der Waals surface area contributed by atoms with Crippen LogP contribution in [-0.4, -0.2) is 15.6 Å². The van der Waals surface area contributed by atoms with Crippen molar-refractivity contribution in [1.82, 2.24) is 4.57 Å². The quantitative estimate of drug-likeness (QED) is 0.863. The van der Waals surface area contributed by atoms with Crippen LogP contribution in [0.5, 0.6) is 0 Å². The maximum absolute atomic E-state index is 10.9. The lowest BCUT2D eigenvalue weighted by Crippen LogP contribution is -2.03. The van der Waals surface area contributed by atoms with Crippen molar-refractivity contribution in [3.63, 3.8) is 0 Å². The van der Waals surface area contributed by atoms with Crippen LogP contribution in [-0.2, 0) is 7.05 Å². The molecule has 0 unspecified atom stereocenters. The van der Waals surface area contributed by atoms with Gasteiger partial charge >= 0.3 is 5.97 Å². The number of rotatable bonds is 1. The summed E-state index contributed by atoms with van der Waals surface area (Å²) in [5.74, 6) is -0.900. The summed E-state index contributed by atoms with van der Waals surface area (Å²) in [5, 5.41) is 9.91. The Bertz CT molecular complexity index is 557. The zero-order valence-corrected chi connectivity index (χ0v) is 10.00. The molecular formula is C11H10BrNO2. The molecule has 0 fully saturated rings. The average Bonchev–Trinajstić information content (AvgIpc) is 2.46. The van der Waals surface area contributed by atoms with E-state index < -0.39 is 5.97 Å². The number of nitrogens with zero attached hydrogens (tertiary/aromatic N) is 1. The van der Waals surface area contributed by atoms with E-state index in [1.807, 2.05) is 19.1 Å². The molecule has 0 radical (unpaired) electrons. The lowest BCUT2D eigenvalue weighted by Gasteiger charge is -2.01. The fraction of sp³-hybridized carbons (Fsp3) is 0.182. The van der Waals surface area contributed by atoms with Gasteiger partial charge in [-0.3, -0.25) is 0 Å². The zero-order chi connectivity index (χ0) is 11.2. The second-order valence-electron chi connectivity index (χ2n) is 3.55. The maximum atomic E-state index is 10.9. The SMILES string of the molecule is Cc1cc2c(cc1Br)cc(C(=O)O)n2C. The number of aromatic carboxylic acids is 1. The largest absolute Gasteiger partial charge is 0.477 e. The normalized spacial score (nSPS) is 10.9. The van der Waals surface area contributed by atoms with Gasteiger partial charge in [0.2, 0.25) is 0 Å². The second-order valence-corrected chi connectivity index (χ2v) is 4.41. The predicted octanol–water partition coefficient (Wildman–Crippen LogP) is 2.95. The number of carbonyl (C=O) groups is 1. The second kappa shape index (κ2) is 3.38. The van der Waals surface area contributed by atoms with Gasteiger partial charge in [0.25, 0.3) is 0 Å². The highest BCUT2D eigenvalue weighted by Crippen LogP contribution is 2.26. The van der Waals surface area contributed by atoms with Crippen LogP contribution < -0.4 is 0 Å².